The van der Waals surface area contributed by atoms with Crippen molar-refractivity contribution in [2.45, 2.75) is 19.1 Å². The Morgan fingerprint density at radius 1 is 1.35 bits per heavy atom. The van der Waals surface area contributed by atoms with Crippen molar-refractivity contribution >= 4 is 33.2 Å². The van der Waals surface area contributed by atoms with E-state index in [4.69, 9.17) is 10.5 Å². The van der Waals surface area contributed by atoms with Crippen molar-refractivity contribution < 1.29 is 19.7 Å². The van der Waals surface area contributed by atoms with Crippen molar-refractivity contribution in [1.29, 1.82) is 0 Å². The third-order valence-electron chi connectivity index (χ3n) is 3.63. The van der Waals surface area contributed by atoms with Gasteiger partial charge in [0.05, 0.1) is 11.4 Å². The minimum atomic E-state index is -1.14. The van der Waals surface area contributed by atoms with Gasteiger partial charge >= 0.3 is 0 Å². The van der Waals surface area contributed by atoms with Crippen LogP contribution < -0.4 is 11.1 Å². The number of aliphatic hydroxyl groups is 1. The zero-order chi connectivity index (χ0) is 19.1. The molecule has 0 saturated heterocycles. The number of nitrogen functional groups attached to an aromatic ring is 1. The molecule has 138 valence electrons. The fourth-order valence-electron chi connectivity index (χ4n) is 2.35. The first-order valence-corrected chi connectivity index (χ1v) is 8.83. The molecule has 2 atom stereocenters. The molecule has 0 radical (unpaired) electrons. The van der Waals surface area contributed by atoms with E-state index >= 15 is 0 Å². The summed E-state index contributed by atoms with van der Waals surface area (Å²) < 4.78 is 6.22. The number of amides is 1. The minimum Gasteiger partial charge on any atom is -0.508 e. The maximum Gasteiger partial charge on any atom is 0.248 e. The predicted molar refractivity (Wildman–Crippen MR) is 105 cm³/mol. The standard InChI is InChI=1S/C19H21BrN2O4/c1-2-26-17(19(25)13-11-12(20)7-8-16(13)23)9-10-18(24)22-15-6-4-3-5-14(15)21/h3-11,17,19,23,25H,2,21H2,1H3,(H,22,24)/b10-9+/t17-,19-/m1/s1. The Balaban J connectivity index is 2.13. The molecule has 0 heterocycles. The summed E-state index contributed by atoms with van der Waals surface area (Å²) in [5, 5.41) is 23.2. The van der Waals surface area contributed by atoms with Gasteiger partial charge in [0.25, 0.3) is 0 Å². The van der Waals surface area contributed by atoms with Crippen molar-refractivity contribution in [3.63, 3.8) is 0 Å². The molecule has 0 unspecified atom stereocenters. The SMILES string of the molecule is CCO[C@H](/C=C/C(=O)Nc1ccccc1N)[C@H](O)c1cc(Br)ccc1O. The average Bonchev–Trinajstić information content (AvgIpc) is 2.62. The Kier molecular flexibility index (Phi) is 7.20. The lowest BCUT2D eigenvalue weighted by Crippen LogP contribution is -2.21. The minimum absolute atomic E-state index is 0.0553. The first-order chi connectivity index (χ1) is 12.4. The van der Waals surface area contributed by atoms with Gasteiger partial charge in [0.2, 0.25) is 5.91 Å². The molecule has 0 saturated carbocycles. The van der Waals surface area contributed by atoms with E-state index in [1.807, 2.05) is 0 Å². The van der Waals surface area contributed by atoms with Crippen molar-refractivity contribution in [3.8, 4) is 5.75 Å². The van der Waals surface area contributed by atoms with Crippen LogP contribution in [0.4, 0.5) is 11.4 Å². The summed E-state index contributed by atoms with van der Waals surface area (Å²) in [6.07, 6.45) is 0.769. The number of carbonyl (C=O) groups excluding carboxylic acids is 1. The summed E-state index contributed by atoms with van der Waals surface area (Å²) in [6, 6.07) is 11.6. The molecule has 0 aliphatic rings. The zero-order valence-electron chi connectivity index (χ0n) is 14.2. The highest BCUT2D eigenvalue weighted by molar-refractivity contribution is 9.10. The number of aromatic hydroxyl groups is 1. The number of hydrogen-bond donors (Lipinski definition) is 4. The van der Waals surface area contributed by atoms with Gasteiger partial charge in [0.1, 0.15) is 18.0 Å². The summed E-state index contributed by atoms with van der Waals surface area (Å²) in [7, 11) is 0. The molecule has 1 amide bonds. The van der Waals surface area contributed by atoms with E-state index in [0.29, 0.717) is 28.0 Å². The van der Waals surface area contributed by atoms with Crippen LogP contribution in [-0.2, 0) is 9.53 Å². The molecule has 2 aromatic rings. The number of para-hydroxylation sites is 2. The van der Waals surface area contributed by atoms with Crippen molar-refractivity contribution in [3.05, 3.63) is 64.7 Å². The Morgan fingerprint density at radius 3 is 2.77 bits per heavy atom. The van der Waals surface area contributed by atoms with Crippen LogP contribution in [0, 0.1) is 0 Å². The average molecular weight is 421 g/mol. The summed E-state index contributed by atoms with van der Waals surface area (Å²) in [4.78, 5) is 12.1. The van der Waals surface area contributed by atoms with Gasteiger partial charge in [-0.25, -0.2) is 0 Å². The van der Waals surface area contributed by atoms with E-state index in [-0.39, 0.29) is 5.75 Å². The number of nitrogens with one attached hydrogen (secondary N) is 1. The third-order valence-corrected chi connectivity index (χ3v) is 4.13. The van der Waals surface area contributed by atoms with Gasteiger partial charge in [-0.05, 0) is 43.3 Å². The predicted octanol–water partition coefficient (Wildman–Crippen LogP) is 3.37. The molecule has 0 bridgehead atoms. The number of benzene rings is 2. The molecule has 0 spiro atoms. The summed E-state index contributed by atoms with van der Waals surface area (Å²) >= 11 is 3.30. The van der Waals surface area contributed by atoms with Crippen LogP contribution in [0.3, 0.4) is 0 Å². The third kappa shape index (κ3) is 5.32. The van der Waals surface area contributed by atoms with Gasteiger partial charge in [-0.1, -0.05) is 28.1 Å². The number of halogens is 1. The fraction of sp³-hybridized carbons (Fsp3) is 0.211. The van der Waals surface area contributed by atoms with E-state index in [1.165, 1.54) is 18.2 Å². The summed E-state index contributed by atoms with van der Waals surface area (Å²) in [5.74, 6) is -0.460. The first kappa shape index (κ1) is 20.0. The van der Waals surface area contributed by atoms with Gasteiger partial charge in [-0.15, -0.1) is 0 Å². The van der Waals surface area contributed by atoms with Gasteiger partial charge in [0, 0.05) is 22.7 Å². The Hall–Kier alpha value is -2.35. The van der Waals surface area contributed by atoms with Crippen molar-refractivity contribution in [2.24, 2.45) is 0 Å². The molecule has 2 aromatic carbocycles. The number of carbonyl (C=O) groups is 1. The van der Waals surface area contributed by atoms with Gasteiger partial charge in [0.15, 0.2) is 0 Å². The second-order valence-electron chi connectivity index (χ2n) is 5.50. The Bertz CT molecular complexity index is 795. The first-order valence-electron chi connectivity index (χ1n) is 8.04. The molecular weight excluding hydrogens is 400 g/mol. The molecular formula is C19H21BrN2O4. The van der Waals surface area contributed by atoms with Gasteiger partial charge < -0.3 is 26.0 Å². The second kappa shape index (κ2) is 9.38. The van der Waals surface area contributed by atoms with Gasteiger partial charge in [-0.2, -0.15) is 0 Å². The molecule has 6 nitrogen and oxygen atoms in total. The molecule has 5 N–H and O–H groups in total. The number of phenolic OH excluding ortho intramolecular Hbond substituents is 1. The molecule has 2 rings (SSSR count). The molecule has 0 aliphatic carbocycles. The Morgan fingerprint density at radius 2 is 2.08 bits per heavy atom. The van der Waals surface area contributed by atoms with Crippen LogP contribution in [0.15, 0.2) is 59.1 Å². The maximum atomic E-state index is 12.1. The normalized spacial score (nSPS) is 13.5. The van der Waals surface area contributed by atoms with Gasteiger partial charge in [-0.3, -0.25) is 4.79 Å². The largest absolute Gasteiger partial charge is 0.508 e. The van der Waals surface area contributed by atoms with E-state index in [9.17, 15) is 15.0 Å². The van der Waals surface area contributed by atoms with Crippen LogP contribution in [0.25, 0.3) is 0 Å². The van der Waals surface area contributed by atoms with E-state index in [0.717, 1.165) is 0 Å². The van der Waals surface area contributed by atoms with E-state index < -0.39 is 18.1 Å². The molecule has 26 heavy (non-hydrogen) atoms. The summed E-state index contributed by atoms with van der Waals surface area (Å²) in [6.45, 7) is 2.10. The molecule has 0 aliphatic heterocycles. The molecule has 0 fully saturated rings. The fourth-order valence-corrected chi connectivity index (χ4v) is 2.73. The number of hydrogen-bond acceptors (Lipinski definition) is 5. The number of rotatable bonds is 7. The van der Waals surface area contributed by atoms with E-state index in [2.05, 4.69) is 21.2 Å². The smallest absolute Gasteiger partial charge is 0.248 e. The number of aliphatic hydroxyl groups excluding tert-OH is 1. The van der Waals surface area contributed by atoms with Crippen LogP contribution in [0.1, 0.15) is 18.6 Å². The zero-order valence-corrected chi connectivity index (χ0v) is 15.8. The summed E-state index contributed by atoms with van der Waals surface area (Å²) in [5.41, 5.74) is 7.05. The highest BCUT2D eigenvalue weighted by atomic mass is 79.9. The van der Waals surface area contributed by atoms with Crippen molar-refractivity contribution in [1.82, 2.24) is 0 Å². The van der Waals surface area contributed by atoms with Crippen LogP contribution in [0.5, 0.6) is 5.75 Å². The van der Waals surface area contributed by atoms with Crippen LogP contribution in [0.2, 0.25) is 0 Å². The topological polar surface area (TPSA) is 105 Å². The number of ether oxygens (including phenoxy) is 1. The Labute approximate surface area is 160 Å². The van der Waals surface area contributed by atoms with E-state index in [1.54, 1.807) is 43.3 Å². The number of nitrogens with two attached hydrogens (primary N) is 1. The molecule has 7 heteroatoms. The van der Waals surface area contributed by atoms with Crippen LogP contribution in [-0.4, -0.2) is 28.8 Å². The van der Waals surface area contributed by atoms with Crippen molar-refractivity contribution in [2.75, 3.05) is 17.7 Å². The lowest BCUT2D eigenvalue weighted by molar-refractivity contribution is -0.112. The monoisotopic (exact) mass is 420 g/mol. The van der Waals surface area contributed by atoms with Crippen LogP contribution >= 0.6 is 15.9 Å². The lowest BCUT2D eigenvalue weighted by atomic mass is 10.0. The lowest BCUT2D eigenvalue weighted by Gasteiger charge is -2.21. The quantitative estimate of drug-likeness (QED) is 0.405. The number of anilines is 2. The highest BCUT2D eigenvalue weighted by Gasteiger charge is 2.22. The highest BCUT2D eigenvalue weighted by Crippen LogP contribution is 2.31. The second-order valence-corrected chi connectivity index (χ2v) is 6.42. The molecule has 0 aromatic heterocycles. The maximum absolute atomic E-state index is 12.1. The number of phenols is 1.